The predicted octanol–water partition coefficient (Wildman–Crippen LogP) is 12.3. The third-order valence-corrected chi connectivity index (χ3v) is 10.5. The monoisotopic (exact) mass is 609 g/mol. The number of hydrogen-bond donors (Lipinski definition) is 0. The van der Waals surface area contributed by atoms with E-state index < -0.39 is 0 Å². The molecule has 2 aliphatic rings. The Bertz CT molecular complexity index is 2450. The highest BCUT2D eigenvalue weighted by Gasteiger charge is 2.51. The second kappa shape index (κ2) is 10.4. The molecule has 0 aromatic heterocycles. The number of benzene rings is 8. The van der Waals surface area contributed by atoms with Crippen LogP contribution in [0.15, 0.2) is 188 Å². The molecule has 8 aromatic rings. The van der Waals surface area contributed by atoms with E-state index in [-0.39, 0.29) is 5.41 Å². The van der Waals surface area contributed by atoms with Crippen molar-refractivity contribution in [2.75, 3.05) is 4.90 Å². The van der Waals surface area contributed by atoms with Crippen LogP contribution in [0.4, 0.5) is 17.1 Å². The molecule has 0 amide bonds. The molecule has 224 valence electrons. The van der Waals surface area contributed by atoms with Crippen LogP contribution in [0.25, 0.3) is 44.2 Å². The van der Waals surface area contributed by atoms with Gasteiger partial charge in [-0.15, -0.1) is 0 Å². The summed E-state index contributed by atoms with van der Waals surface area (Å²) in [5.41, 5.74) is 16.3. The summed E-state index contributed by atoms with van der Waals surface area (Å²) in [7, 11) is 0. The molecule has 0 unspecified atom stereocenters. The van der Waals surface area contributed by atoms with Crippen molar-refractivity contribution in [3.05, 3.63) is 210 Å². The van der Waals surface area contributed by atoms with Crippen LogP contribution >= 0.6 is 0 Å². The molecule has 1 spiro atoms. The van der Waals surface area contributed by atoms with E-state index in [2.05, 4.69) is 193 Å². The van der Waals surface area contributed by atoms with Crippen molar-refractivity contribution >= 4 is 27.8 Å². The van der Waals surface area contributed by atoms with Crippen LogP contribution in [-0.2, 0) is 5.41 Å². The van der Waals surface area contributed by atoms with E-state index in [1.165, 1.54) is 72.1 Å². The zero-order valence-corrected chi connectivity index (χ0v) is 26.3. The summed E-state index contributed by atoms with van der Waals surface area (Å²) < 4.78 is 0. The van der Waals surface area contributed by atoms with Crippen LogP contribution in [0, 0.1) is 0 Å². The molecular formula is C47H31N. The standard InChI is InChI=1S/C47H31N/c1-3-14-32(15-4-1)33-26-28-36(29-27-33)48(35-17-5-2-6-18-35)46-25-13-16-34-30-45-41(31-40(34)46)39-21-9-12-24-44(39)47(45)42-22-10-7-19-37(42)38-20-8-11-23-43(38)47/h1-31H. The van der Waals surface area contributed by atoms with E-state index in [1.54, 1.807) is 0 Å². The third kappa shape index (κ3) is 3.73. The molecule has 0 radical (unpaired) electrons. The number of para-hydroxylation sites is 1. The van der Waals surface area contributed by atoms with Gasteiger partial charge in [0, 0.05) is 16.8 Å². The van der Waals surface area contributed by atoms with E-state index in [9.17, 15) is 0 Å². The first-order valence-corrected chi connectivity index (χ1v) is 16.7. The van der Waals surface area contributed by atoms with Gasteiger partial charge in [-0.25, -0.2) is 0 Å². The van der Waals surface area contributed by atoms with Crippen molar-refractivity contribution < 1.29 is 0 Å². The smallest absolute Gasteiger partial charge is 0.0725 e. The molecule has 8 aromatic carbocycles. The molecule has 0 N–H and O–H groups in total. The number of anilines is 3. The van der Waals surface area contributed by atoms with Crippen LogP contribution in [0.5, 0.6) is 0 Å². The van der Waals surface area contributed by atoms with Gasteiger partial charge in [-0.05, 0) is 103 Å². The van der Waals surface area contributed by atoms with Gasteiger partial charge in [-0.1, -0.05) is 146 Å². The molecule has 2 aliphatic carbocycles. The molecule has 0 fully saturated rings. The van der Waals surface area contributed by atoms with Crippen LogP contribution in [-0.4, -0.2) is 0 Å². The van der Waals surface area contributed by atoms with Crippen LogP contribution in [0.1, 0.15) is 22.3 Å². The lowest BCUT2D eigenvalue weighted by molar-refractivity contribution is 0.795. The van der Waals surface area contributed by atoms with E-state index in [4.69, 9.17) is 0 Å². The quantitative estimate of drug-likeness (QED) is 0.192. The molecule has 0 aliphatic heterocycles. The zero-order chi connectivity index (χ0) is 31.7. The summed E-state index contributed by atoms with van der Waals surface area (Å²) >= 11 is 0. The Labute approximate surface area is 281 Å². The molecule has 48 heavy (non-hydrogen) atoms. The SMILES string of the molecule is c1ccc(-c2ccc(N(c3ccccc3)c3cccc4cc5c(cc34)-c3ccccc3C53c4ccccc4-c4ccccc43)cc2)cc1. The summed E-state index contributed by atoms with van der Waals surface area (Å²) in [6.45, 7) is 0. The van der Waals surface area contributed by atoms with Gasteiger partial charge in [-0.3, -0.25) is 0 Å². The maximum absolute atomic E-state index is 2.48. The number of hydrogen-bond acceptors (Lipinski definition) is 1. The predicted molar refractivity (Wildman–Crippen MR) is 200 cm³/mol. The lowest BCUT2D eigenvalue weighted by Crippen LogP contribution is -2.25. The Morgan fingerprint density at radius 1 is 0.333 bits per heavy atom. The first-order valence-electron chi connectivity index (χ1n) is 16.7. The Morgan fingerprint density at radius 3 is 1.46 bits per heavy atom. The van der Waals surface area contributed by atoms with Crippen LogP contribution in [0.3, 0.4) is 0 Å². The Morgan fingerprint density at radius 2 is 0.833 bits per heavy atom. The molecule has 0 atom stereocenters. The fraction of sp³-hybridized carbons (Fsp3) is 0.0213. The lowest BCUT2D eigenvalue weighted by atomic mass is 9.70. The second-order valence-corrected chi connectivity index (χ2v) is 12.9. The Kier molecular flexibility index (Phi) is 5.86. The van der Waals surface area contributed by atoms with Crippen molar-refractivity contribution in [2.24, 2.45) is 0 Å². The molecule has 0 saturated carbocycles. The first-order chi connectivity index (χ1) is 23.8. The normalized spacial score (nSPS) is 13.2. The molecule has 1 heteroatoms. The number of fused-ring (bicyclic) bond motifs is 11. The number of nitrogens with zero attached hydrogens (tertiary/aromatic N) is 1. The van der Waals surface area contributed by atoms with Crippen molar-refractivity contribution in [1.82, 2.24) is 0 Å². The Balaban J connectivity index is 1.22. The second-order valence-electron chi connectivity index (χ2n) is 12.9. The van der Waals surface area contributed by atoms with Gasteiger partial charge in [0.2, 0.25) is 0 Å². The molecule has 1 nitrogen and oxygen atoms in total. The minimum Gasteiger partial charge on any atom is -0.310 e. The van der Waals surface area contributed by atoms with Crippen molar-refractivity contribution in [2.45, 2.75) is 5.41 Å². The van der Waals surface area contributed by atoms with E-state index in [1.807, 2.05) is 0 Å². The summed E-state index contributed by atoms with van der Waals surface area (Å²) in [5, 5.41) is 2.47. The summed E-state index contributed by atoms with van der Waals surface area (Å²) in [5.74, 6) is 0. The average molecular weight is 610 g/mol. The number of rotatable bonds is 4. The Hall–Kier alpha value is -6.18. The summed E-state index contributed by atoms with van der Waals surface area (Å²) in [4.78, 5) is 2.40. The zero-order valence-electron chi connectivity index (χ0n) is 26.3. The highest BCUT2D eigenvalue weighted by molar-refractivity contribution is 6.05. The van der Waals surface area contributed by atoms with Gasteiger partial charge in [0.05, 0.1) is 11.1 Å². The average Bonchev–Trinajstić information content (AvgIpc) is 3.62. The van der Waals surface area contributed by atoms with Crippen LogP contribution in [0.2, 0.25) is 0 Å². The molecule has 0 saturated heterocycles. The fourth-order valence-corrected chi connectivity index (χ4v) is 8.48. The molecule has 0 heterocycles. The van der Waals surface area contributed by atoms with Crippen LogP contribution < -0.4 is 4.90 Å². The lowest BCUT2D eigenvalue weighted by Gasteiger charge is -2.31. The summed E-state index contributed by atoms with van der Waals surface area (Å²) in [6.07, 6.45) is 0. The van der Waals surface area contributed by atoms with Gasteiger partial charge in [0.15, 0.2) is 0 Å². The minimum absolute atomic E-state index is 0.351. The summed E-state index contributed by atoms with van der Waals surface area (Å²) in [6, 6.07) is 69.1. The molecule has 10 rings (SSSR count). The van der Waals surface area contributed by atoms with Crippen molar-refractivity contribution in [3.63, 3.8) is 0 Å². The molecular weight excluding hydrogens is 579 g/mol. The topological polar surface area (TPSA) is 3.24 Å². The minimum atomic E-state index is -0.351. The maximum atomic E-state index is 2.48. The molecule has 0 bridgehead atoms. The highest BCUT2D eigenvalue weighted by Crippen LogP contribution is 2.63. The van der Waals surface area contributed by atoms with Crippen molar-refractivity contribution in [3.8, 4) is 33.4 Å². The van der Waals surface area contributed by atoms with Crippen molar-refractivity contribution in [1.29, 1.82) is 0 Å². The van der Waals surface area contributed by atoms with Gasteiger partial charge >= 0.3 is 0 Å². The largest absolute Gasteiger partial charge is 0.310 e. The highest BCUT2D eigenvalue weighted by atomic mass is 15.1. The van der Waals surface area contributed by atoms with E-state index >= 15 is 0 Å². The van der Waals surface area contributed by atoms with E-state index in [0.717, 1.165) is 11.4 Å². The van der Waals surface area contributed by atoms with Gasteiger partial charge in [0.25, 0.3) is 0 Å². The first kappa shape index (κ1) is 27.0. The van der Waals surface area contributed by atoms with Gasteiger partial charge in [0.1, 0.15) is 0 Å². The van der Waals surface area contributed by atoms with Gasteiger partial charge in [-0.2, -0.15) is 0 Å². The van der Waals surface area contributed by atoms with E-state index in [0.29, 0.717) is 0 Å². The fourth-order valence-electron chi connectivity index (χ4n) is 8.48. The third-order valence-electron chi connectivity index (χ3n) is 10.5. The maximum Gasteiger partial charge on any atom is 0.0725 e. The van der Waals surface area contributed by atoms with Gasteiger partial charge < -0.3 is 4.90 Å².